The molecule has 0 spiro atoms. The van der Waals surface area contributed by atoms with Crippen LogP contribution in [0.4, 0.5) is 4.79 Å². The minimum atomic E-state index is -0.321. The highest BCUT2D eigenvalue weighted by Crippen LogP contribution is 2.31. The Morgan fingerprint density at radius 1 is 1.15 bits per heavy atom. The summed E-state index contributed by atoms with van der Waals surface area (Å²) in [7, 11) is 0. The van der Waals surface area contributed by atoms with Gasteiger partial charge in [0.15, 0.2) is 0 Å². The van der Waals surface area contributed by atoms with E-state index in [1.165, 1.54) is 4.90 Å². The molecule has 0 aliphatic carbocycles. The molecule has 0 unspecified atom stereocenters. The van der Waals surface area contributed by atoms with Crippen molar-refractivity contribution in [2.24, 2.45) is 0 Å². The Balaban J connectivity index is 1.46. The molecule has 1 N–H and O–H groups in total. The lowest BCUT2D eigenvalue weighted by Gasteiger charge is -2.13. The highest BCUT2D eigenvalue weighted by atomic mass is 32.2. The van der Waals surface area contributed by atoms with E-state index in [1.807, 2.05) is 42.5 Å². The van der Waals surface area contributed by atoms with Crippen molar-refractivity contribution in [2.75, 3.05) is 13.1 Å². The molecule has 0 bridgehead atoms. The third-order valence-corrected chi connectivity index (χ3v) is 4.90. The van der Waals surface area contributed by atoms with Crippen molar-refractivity contribution in [3.8, 4) is 0 Å². The maximum absolute atomic E-state index is 12.4. The first-order valence-electron chi connectivity index (χ1n) is 8.59. The molecule has 3 amide bonds. The molecule has 2 heterocycles. The van der Waals surface area contributed by atoms with Crippen LogP contribution >= 0.6 is 11.8 Å². The third kappa shape index (κ3) is 5.27. The molecule has 6 nitrogen and oxygen atoms in total. The number of hydrogen-bond donors (Lipinski definition) is 1. The highest BCUT2D eigenvalue weighted by molar-refractivity contribution is 8.18. The number of pyridine rings is 1. The largest absolute Gasteiger partial charge is 0.354 e. The summed E-state index contributed by atoms with van der Waals surface area (Å²) in [5.41, 5.74) is 1.86. The Morgan fingerprint density at radius 2 is 1.96 bits per heavy atom. The van der Waals surface area contributed by atoms with Crippen LogP contribution in [0, 0.1) is 0 Å². The average Bonchev–Trinajstić information content (AvgIpc) is 2.95. The number of imide groups is 1. The van der Waals surface area contributed by atoms with E-state index in [2.05, 4.69) is 10.3 Å². The second kappa shape index (κ2) is 9.14. The molecule has 3 rings (SSSR count). The summed E-state index contributed by atoms with van der Waals surface area (Å²) in [5, 5.41) is 2.44. The molecule has 7 heteroatoms. The number of thioether (sulfide) groups is 1. The van der Waals surface area contributed by atoms with Gasteiger partial charge in [-0.15, -0.1) is 0 Å². The van der Waals surface area contributed by atoms with Gasteiger partial charge in [0.25, 0.3) is 11.1 Å². The zero-order valence-corrected chi connectivity index (χ0v) is 15.4. The van der Waals surface area contributed by atoms with Crippen LogP contribution in [0.2, 0.25) is 0 Å². The van der Waals surface area contributed by atoms with Gasteiger partial charge < -0.3 is 5.32 Å². The zero-order valence-electron chi connectivity index (χ0n) is 14.6. The first-order chi connectivity index (χ1) is 13.1. The minimum Gasteiger partial charge on any atom is -0.354 e. The van der Waals surface area contributed by atoms with Gasteiger partial charge in [-0.05, 0) is 41.5 Å². The predicted octanol–water partition coefficient (Wildman–Crippen LogP) is 2.87. The van der Waals surface area contributed by atoms with Crippen LogP contribution in [0.25, 0.3) is 6.08 Å². The van der Waals surface area contributed by atoms with Gasteiger partial charge in [-0.2, -0.15) is 0 Å². The molecule has 1 aliphatic rings. The van der Waals surface area contributed by atoms with Gasteiger partial charge in [-0.25, -0.2) is 0 Å². The first-order valence-corrected chi connectivity index (χ1v) is 9.41. The monoisotopic (exact) mass is 381 g/mol. The number of rotatable bonds is 7. The number of benzene rings is 1. The second-order valence-electron chi connectivity index (χ2n) is 5.96. The number of carbonyl (C=O) groups excluding carboxylic acids is 3. The summed E-state index contributed by atoms with van der Waals surface area (Å²) in [6.07, 6.45) is 6.05. The van der Waals surface area contributed by atoms with E-state index >= 15 is 0 Å². The van der Waals surface area contributed by atoms with Crippen molar-refractivity contribution in [3.63, 3.8) is 0 Å². The topological polar surface area (TPSA) is 79.4 Å². The molecular formula is C20H19N3O3S. The molecule has 1 aromatic carbocycles. The molecule has 27 heavy (non-hydrogen) atoms. The van der Waals surface area contributed by atoms with Crippen LogP contribution < -0.4 is 5.32 Å². The van der Waals surface area contributed by atoms with E-state index < -0.39 is 0 Å². The van der Waals surface area contributed by atoms with Crippen LogP contribution in [-0.4, -0.2) is 40.0 Å². The zero-order chi connectivity index (χ0) is 19.1. The number of aromatic nitrogens is 1. The molecular weight excluding hydrogens is 362 g/mol. The number of nitrogens with zero attached hydrogens (tertiary/aromatic N) is 2. The molecule has 2 aromatic rings. The number of amides is 3. The molecule has 0 radical (unpaired) electrons. The van der Waals surface area contributed by atoms with E-state index in [-0.39, 0.29) is 30.1 Å². The molecule has 1 saturated heterocycles. The van der Waals surface area contributed by atoms with Crippen molar-refractivity contribution < 1.29 is 14.4 Å². The van der Waals surface area contributed by atoms with Gasteiger partial charge in [0.1, 0.15) is 0 Å². The molecule has 138 valence electrons. The quantitative estimate of drug-likeness (QED) is 0.746. The van der Waals surface area contributed by atoms with Gasteiger partial charge in [0.05, 0.1) is 4.91 Å². The maximum Gasteiger partial charge on any atom is 0.293 e. The van der Waals surface area contributed by atoms with Crippen LogP contribution in [0.3, 0.4) is 0 Å². The molecule has 0 saturated carbocycles. The van der Waals surface area contributed by atoms with E-state index in [1.54, 1.807) is 18.5 Å². The van der Waals surface area contributed by atoms with Crippen LogP contribution in [-0.2, 0) is 16.0 Å². The lowest BCUT2D eigenvalue weighted by Crippen LogP contribution is -2.37. The standard InChI is InChI=1S/C20H19N3O3S/c24-18(9-8-16-7-4-10-21-14-16)22-11-12-23-19(25)17(27-20(23)26)13-15-5-2-1-3-6-15/h1-7,10,13-14H,8-9,11-12H2,(H,22,24)/b17-13-. The van der Waals surface area contributed by atoms with Gasteiger partial charge >= 0.3 is 0 Å². The van der Waals surface area contributed by atoms with E-state index in [4.69, 9.17) is 0 Å². The van der Waals surface area contributed by atoms with E-state index in [0.29, 0.717) is 17.7 Å². The summed E-state index contributed by atoms with van der Waals surface area (Å²) < 4.78 is 0. The van der Waals surface area contributed by atoms with Gasteiger partial charge in [-0.1, -0.05) is 36.4 Å². The number of aryl methyl sites for hydroxylation is 1. The summed E-state index contributed by atoms with van der Waals surface area (Å²) in [4.78, 5) is 42.0. The summed E-state index contributed by atoms with van der Waals surface area (Å²) in [6.45, 7) is 0.401. The normalized spacial score (nSPS) is 15.4. The molecule has 1 aromatic heterocycles. The Kier molecular flexibility index (Phi) is 6.38. The maximum atomic E-state index is 12.4. The Bertz CT molecular complexity index is 853. The summed E-state index contributed by atoms with van der Waals surface area (Å²) in [6, 6.07) is 13.1. The summed E-state index contributed by atoms with van der Waals surface area (Å²) >= 11 is 0.922. The van der Waals surface area contributed by atoms with Crippen molar-refractivity contribution in [3.05, 3.63) is 70.9 Å². The Labute approximate surface area is 161 Å². The fourth-order valence-corrected chi connectivity index (χ4v) is 3.46. The fraction of sp³-hybridized carbons (Fsp3) is 0.200. The van der Waals surface area contributed by atoms with Crippen molar-refractivity contribution in [1.29, 1.82) is 0 Å². The number of carbonyl (C=O) groups is 3. The lowest BCUT2D eigenvalue weighted by molar-refractivity contribution is -0.124. The molecule has 1 fully saturated rings. The first kappa shape index (κ1) is 18.8. The van der Waals surface area contributed by atoms with Crippen molar-refractivity contribution in [1.82, 2.24) is 15.2 Å². The SMILES string of the molecule is O=C(CCc1cccnc1)NCCN1C(=O)S/C(=C\c2ccccc2)C1=O. The Morgan fingerprint density at radius 3 is 2.70 bits per heavy atom. The molecule has 1 aliphatic heterocycles. The van der Waals surface area contributed by atoms with Crippen LogP contribution in [0.15, 0.2) is 59.8 Å². The minimum absolute atomic E-state index is 0.120. The van der Waals surface area contributed by atoms with E-state index in [0.717, 1.165) is 22.9 Å². The van der Waals surface area contributed by atoms with Gasteiger partial charge in [0.2, 0.25) is 5.91 Å². The predicted molar refractivity (Wildman–Crippen MR) is 105 cm³/mol. The van der Waals surface area contributed by atoms with Crippen molar-refractivity contribution in [2.45, 2.75) is 12.8 Å². The van der Waals surface area contributed by atoms with Gasteiger partial charge in [-0.3, -0.25) is 24.3 Å². The fourth-order valence-electron chi connectivity index (χ4n) is 2.59. The number of hydrogen-bond acceptors (Lipinski definition) is 5. The summed E-state index contributed by atoms with van der Waals surface area (Å²) in [5.74, 6) is -0.441. The van der Waals surface area contributed by atoms with Crippen molar-refractivity contribution >= 4 is 34.9 Å². The third-order valence-electron chi connectivity index (χ3n) is 3.99. The Hall–Kier alpha value is -2.93. The molecule has 0 atom stereocenters. The van der Waals surface area contributed by atoms with Crippen LogP contribution in [0.5, 0.6) is 0 Å². The second-order valence-corrected chi connectivity index (χ2v) is 6.95. The smallest absolute Gasteiger partial charge is 0.293 e. The number of nitrogens with one attached hydrogen (secondary N) is 1. The highest BCUT2D eigenvalue weighted by Gasteiger charge is 2.34. The average molecular weight is 381 g/mol. The van der Waals surface area contributed by atoms with Crippen LogP contribution in [0.1, 0.15) is 17.5 Å². The van der Waals surface area contributed by atoms with Gasteiger partial charge in [0, 0.05) is 31.9 Å². The van der Waals surface area contributed by atoms with E-state index in [9.17, 15) is 14.4 Å². The lowest BCUT2D eigenvalue weighted by atomic mass is 10.1.